The molecular weight excluding hydrogens is 334 g/mol. The van der Waals surface area contributed by atoms with Crippen LogP contribution >= 0.6 is 0 Å². The number of carbonyl (C=O) groups is 3. The molecule has 2 atom stereocenters. The first kappa shape index (κ1) is 19.5. The number of amides is 2. The molecule has 1 aromatic carbocycles. The lowest BCUT2D eigenvalue weighted by molar-refractivity contribution is -0.135. The van der Waals surface area contributed by atoms with Gasteiger partial charge in [0.25, 0.3) is 0 Å². The molecule has 0 aromatic heterocycles. The Bertz CT molecular complexity index is 729. The standard InChI is InChI=1S/C19H25N3O4/c1-12(11-16(23)26-4)20-13(2)18(24)21-17-15-8-6-5-7-14(15)9-10-22(3)19(17)25/h5-8,11,13,17,20H,9-10H2,1-4H3,(H,21,24)/b12-11+/t13-,17-/m0/s1. The molecule has 0 saturated carbocycles. The number of ether oxygens (including phenoxy) is 1. The summed E-state index contributed by atoms with van der Waals surface area (Å²) in [6, 6.07) is 6.30. The van der Waals surface area contributed by atoms with Crippen molar-refractivity contribution in [1.29, 1.82) is 0 Å². The highest BCUT2D eigenvalue weighted by Gasteiger charge is 2.31. The zero-order chi connectivity index (χ0) is 19.3. The second-order valence-corrected chi connectivity index (χ2v) is 6.37. The van der Waals surface area contributed by atoms with Gasteiger partial charge in [-0.15, -0.1) is 0 Å². The highest BCUT2D eigenvalue weighted by Crippen LogP contribution is 2.24. The van der Waals surface area contributed by atoms with Gasteiger partial charge in [-0.25, -0.2) is 4.79 Å². The van der Waals surface area contributed by atoms with Crippen molar-refractivity contribution in [2.75, 3.05) is 20.7 Å². The molecule has 0 saturated heterocycles. The molecule has 0 aliphatic carbocycles. The minimum Gasteiger partial charge on any atom is -0.466 e. The van der Waals surface area contributed by atoms with Gasteiger partial charge in [-0.3, -0.25) is 9.59 Å². The summed E-state index contributed by atoms with van der Waals surface area (Å²) >= 11 is 0. The predicted molar refractivity (Wildman–Crippen MR) is 97.0 cm³/mol. The second kappa shape index (κ2) is 8.51. The Morgan fingerprint density at radius 1 is 1.35 bits per heavy atom. The van der Waals surface area contributed by atoms with E-state index in [4.69, 9.17) is 0 Å². The molecule has 0 unspecified atom stereocenters. The largest absolute Gasteiger partial charge is 0.466 e. The predicted octanol–water partition coefficient (Wildman–Crippen LogP) is 0.913. The van der Waals surface area contributed by atoms with Crippen LogP contribution < -0.4 is 10.6 Å². The van der Waals surface area contributed by atoms with Crippen molar-refractivity contribution in [3.05, 3.63) is 47.2 Å². The molecule has 140 valence electrons. The van der Waals surface area contributed by atoms with E-state index in [0.29, 0.717) is 12.2 Å². The number of nitrogens with one attached hydrogen (secondary N) is 2. The fourth-order valence-electron chi connectivity index (χ4n) is 2.89. The van der Waals surface area contributed by atoms with Crippen molar-refractivity contribution in [1.82, 2.24) is 15.5 Å². The minimum absolute atomic E-state index is 0.141. The minimum atomic E-state index is -0.722. The summed E-state index contributed by atoms with van der Waals surface area (Å²) in [4.78, 5) is 38.2. The average molecular weight is 359 g/mol. The Morgan fingerprint density at radius 2 is 2.04 bits per heavy atom. The first-order chi connectivity index (χ1) is 12.3. The number of likely N-dealkylation sites (N-methyl/N-ethyl adjacent to an activating group) is 1. The van der Waals surface area contributed by atoms with Gasteiger partial charge in [0.05, 0.1) is 7.11 Å². The molecular formula is C19H25N3O4. The van der Waals surface area contributed by atoms with E-state index in [1.165, 1.54) is 13.2 Å². The number of hydrogen-bond acceptors (Lipinski definition) is 5. The maximum atomic E-state index is 12.7. The first-order valence-electron chi connectivity index (χ1n) is 8.49. The summed E-state index contributed by atoms with van der Waals surface area (Å²) in [5.74, 6) is -0.972. The number of benzene rings is 1. The number of allylic oxidation sites excluding steroid dienone is 1. The summed E-state index contributed by atoms with van der Waals surface area (Å²) < 4.78 is 4.56. The fourth-order valence-corrected chi connectivity index (χ4v) is 2.89. The normalized spacial score (nSPS) is 18.5. The van der Waals surface area contributed by atoms with Crippen LogP contribution in [0.3, 0.4) is 0 Å². The number of nitrogens with zero attached hydrogens (tertiary/aromatic N) is 1. The number of rotatable bonds is 5. The zero-order valence-corrected chi connectivity index (χ0v) is 15.5. The summed E-state index contributed by atoms with van der Waals surface area (Å²) in [5.41, 5.74) is 2.38. The topological polar surface area (TPSA) is 87.7 Å². The zero-order valence-electron chi connectivity index (χ0n) is 15.5. The maximum absolute atomic E-state index is 12.7. The van der Waals surface area contributed by atoms with Crippen molar-refractivity contribution in [3.8, 4) is 0 Å². The molecule has 7 nitrogen and oxygen atoms in total. The van der Waals surface area contributed by atoms with E-state index in [2.05, 4.69) is 15.4 Å². The van der Waals surface area contributed by atoms with E-state index in [-0.39, 0.29) is 11.8 Å². The highest BCUT2D eigenvalue weighted by atomic mass is 16.5. The van der Waals surface area contributed by atoms with Gasteiger partial charge in [0.15, 0.2) is 0 Å². The second-order valence-electron chi connectivity index (χ2n) is 6.37. The molecule has 1 aliphatic heterocycles. The monoisotopic (exact) mass is 359 g/mol. The van der Waals surface area contributed by atoms with E-state index in [0.717, 1.165) is 17.5 Å². The van der Waals surface area contributed by atoms with Gasteiger partial charge >= 0.3 is 5.97 Å². The van der Waals surface area contributed by atoms with Gasteiger partial charge in [0.2, 0.25) is 11.8 Å². The number of methoxy groups -OCH3 is 1. The van der Waals surface area contributed by atoms with Crippen LogP contribution in [0.2, 0.25) is 0 Å². The number of carbonyl (C=O) groups excluding carboxylic acids is 3. The molecule has 0 bridgehead atoms. The van der Waals surface area contributed by atoms with E-state index >= 15 is 0 Å². The van der Waals surface area contributed by atoms with Crippen molar-refractivity contribution >= 4 is 17.8 Å². The lowest BCUT2D eigenvalue weighted by Gasteiger charge is -2.24. The summed E-state index contributed by atoms with van der Waals surface area (Å²) in [7, 11) is 3.02. The van der Waals surface area contributed by atoms with Crippen molar-refractivity contribution in [2.45, 2.75) is 32.4 Å². The van der Waals surface area contributed by atoms with Gasteiger partial charge in [-0.2, -0.15) is 0 Å². The smallest absolute Gasteiger partial charge is 0.332 e. The average Bonchev–Trinajstić information content (AvgIpc) is 2.73. The molecule has 0 fully saturated rings. The molecule has 1 heterocycles. The Morgan fingerprint density at radius 3 is 2.73 bits per heavy atom. The van der Waals surface area contributed by atoms with Gasteiger partial charge < -0.3 is 20.3 Å². The third-order valence-electron chi connectivity index (χ3n) is 4.37. The summed E-state index contributed by atoms with van der Waals surface area (Å²) in [6.45, 7) is 3.94. The first-order valence-corrected chi connectivity index (χ1v) is 8.49. The third kappa shape index (κ3) is 4.62. The van der Waals surface area contributed by atoms with Crippen molar-refractivity contribution in [3.63, 3.8) is 0 Å². The lowest BCUT2D eigenvalue weighted by Crippen LogP contribution is -2.47. The van der Waals surface area contributed by atoms with Crippen LogP contribution in [-0.4, -0.2) is 49.4 Å². The van der Waals surface area contributed by atoms with Gasteiger partial charge in [-0.1, -0.05) is 24.3 Å². The molecule has 7 heteroatoms. The third-order valence-corrected chi connectivity index (χ3v) is 4.37. The van der Waals surface area contributed by atoms with Gasteiger partial charge in [-0.05, 0) is 31.4 Å². The van der Waals surface area contributed by atoms with Gasteiger partial charge in [0.1, 0.15) is 12.1 Å². The quantitative estimate of drug-likeness (QED) is 0.603. The van der Waals surface area contributed by atoms with Crippen molar-refractivity contribution < 1.29 is 19.1 Å². The van der Waals surface area contributed by atoms with E-state index in [1.54, 1.807) is 25.8 Å². The summed E-state index contributed by atoms with van der Waals surface area (Å²) in [5, 5.41) is 5.76. The SMILES string of the molecule is COC(=O)/C=C(\C)N[C@@H](C)C(=O)N[C@@H]1C(=O)N(C)CCc2ccccc21. The Balaban J connectivity index is 2.14. The molecule has 2 rings (SSSR count). The highest BCUT2D eigenvalue weighted by molar-refractivity contribution is 5.91. The molecule has 2 N–H and O–H groups in total. The van der Waals surface area contributed by atoms with Crippen LogP contribution in [0.5, 0.6) is 0 Å². The number of hydrogen-bond donors (Lipinski definition) is 2. The number of esters is 1. The van der Waals surface area contributed by atoms with Crippen LogP contribution in [0.15, 0.2) is 36.0 Å². The van der Waals surface area contributed by atoms with Crippen LogP contribution in [-0.2, 0) is 25.5 Å². The molecule has 0 radical (unpaired) electrons. The van der Waals surface area contributed by atoms with E-state index in [9.17, 15) is 14.4 Å². The Hall–Kier alpha value is -2.83. The van der Waals surface area contributed by atoms with Crippen LogP contribution in [0.4, 0.5) is 0 Å². The van der Waals surface area contributed by atoms with E-state index < -0.39 is 18.1 Å². The molecule has 0 spiro atoms. The Kier molecular flexibility index (Phi) is 6.38. The molecule has 1 aliphatic rings. The molecule has 2 amide bonds. The fraction of sp³-hybridized carbons (Fsp3) is 0.421. The maximum Gasteiger partial charge on any atom is 0.332 e. The molecule has 26 heavy (non-hydrogen) atoms. The van der Waals surface area contributed by atoms with Crippen LogP contribution in [0.25, 0.3) is 0 Å². The van der Waals surface area contributed by atoms with Crippen molar-refractivity contribution in [2.24, 2.45) is 0 Å². The Labute approximate surface area is 153 Å². The van der Waals surface area contributed by atoms with Crippen LogP contribution in [0.1, 0.15) is 31.0 Å². The summed E-state index contributed by atoms with van der Waals surface area (Å²) in [6.07, 6.45) is 2.02. The lowest BCUT2D eigenvalue weighted by atomic mass is 9.99. The number of fused-ring (bicyclic) bond motifs is 1. The van der Waals surface area contributed by atoms with Crippen LogP contribution in [0, 0.1) is 0 Å². The van der Waals surface area contributed by atoms with E-state index in [1.807, 2.05) is 24.3 Å². The van der Waals surface area contributed by atoms with Gasteiger partial charge in [0, 0.05) is 25.4 Å². The molecule has 1 aromatic rings.